The zero-order chi connectivity index (χ0) is 16.1. The van der Waals surface area contributed by atoms with Gasteiger partial charge in [-0.2, -0.15) is 4.31 Å². The van der Waals surface area contributed by atoms with Gasteiger partial charge < -0.3 is 0 Å². The Balaban J connectivity index is 3.20. The molecule has 0 unspecified atom stereocenters. The van der Waals surface area contributed by atoms with Gasteiger partial charge in [-0.15, -0.1) is 13.2 Å². The summed E-state index contributed by atoms with van der Waals surface area (Å²) in [4.78, 5) is 0.157. The van der Waals surface area contributed by atoms with Crippen LogP contribution in [0.25, 0.3) is 0 Å². The standard InChI is InChI=1S/C14H19NO4S2/c1-4-11-15(12-5-2)21(18,19)14-9-7-13(8-10-14)20(16,17)6-3/h4-5,7-10H,1-2,6,11-12H2,3H3. The van der Waals surface area contributed by atoms with Crippen molar-refractivity contribution in [3.63, 3.8) is 0 Å². The first-order valence-electron chi connectivity index (χ1n) is 6.34. The maximum absolute atomic E-state index is 12.4. The molecule has 0 spiro atoms. The molecule has 0 fully saturated rings. The molecule has 21 heavy (non-hydrogen) atoms. The van der Waals surface area contributed by atoms with Crippen LogP contribution in [0.5, 0.6) is 0 Å². The fourth-order valence-electron chi connectivity index (χ4n) is 1.69. The van der Waals surface area contributed by atoms with Gasteiger partial charge in [0.25, 0.3) is 0 Å². The molecule has 5 nitrogen and oxygen atoms in total. The Labute approximate surface area is 126 Å². The maximum Gasteiger partial charge on any atom is 0.243 e. The van der Waals surface area contributed by atoms with E-state index in [0.29, 0.717) is 0 Å². The predicted octanol–water partition coefficient (Wildman–Crippen LogP) is 1.84. The van der Waals surface area contributed by atoms with Gasteiger partial charge in [0.05, 0.1) is 15.5 Å². The Kier molecular flexibility index (Phi) is 5.88. The van der Waals surface area contributed by atoms with E-state index in [-0.39, 0.29) is 28.6 Å². The molecule has 0 saturated heterocycles. The van der Waals surface area contributed by atoms with E-state index >= 15 is 0 Å². The number of benzene rings is 1. The Morgan fingerprint density at radius 2 is 1.38 bits per heavy atom. The number of hydrogen-bond acceptors (Lipinski definition) is 4. The van der Waals surface area contributed by atoms with E-state index in [1.54, 1.807) is 0 Å². The molecule has 0 aliphatic rings. The lowest BCUT2D eigenvalue weighted by atomic mass is 10.4. The van der Waals surface area contributed by atoms with Crippen molar-refractivity contribution in [2.75, 3.05) is 18.8 Å². The van der Waals surface area contributed by atoms with E-state index < -0.39 is 19.9 Å². The summed E-state index contributed by atoms with van der Waals surface area (Å²) in [6.07, 6.45) is 2.97. The summed E-state index contributed by atoms with van der Waals surface area (Å²) in [5.74, 6) is -0.0296. The van der Waals surface area contributed by atoms with Gasteiger partial charge >= 0.3 is 0 Å². The number of hydrogen-bond donors (Lipinski definition) is 0. The molecule has 0 amide bonds. The molecule has 7 heteroatoms. The molecule has 1 aromatic carbocycles. The Morgan fingerprint density at radius 1 is 0.952 bits per heavy atom. The predicted molar refractivity (Wildman–Crippen MR) is 83.3 cm³/mol. The molecule has 0 radical (unpaired) electrons. The zero-order valence-corrected chi connectivity index (χ0v) is 13.5. The maximum atomic E-state index is 12.4. The first-order chi connectivity index (χ1) is 9.79. The van der Waals surface area contributed by atoms with Gasteiger partial charge in [0.1, 0.15) is 0 Å². The molecule has 0 saturated carbocycles. The van der Waals surface area contributed by atoms with E-state index in [0.717, 1.165) is 0 Å². The molecule has 0 bridgehead atoms. The zero-order valence-electron chi connectivity index (χ0n) is 11.9. The summed E-state index contributed by atoms with van der Waals surface area (Å²) in [7, 11) is -7.04. The van der Waals surface area contributed by atoms with E-state index in [1.165, 1.54) is 47.6 Å². The highest BCUT2D eigenvalue weighted by molar-refractivity contribution is 7.91. The summed E-state index contributed by atoms with van der Waals surface area (Å²) in [6.45, 7) is 8.91. The van der Waals surface area contributed by atoms with Crippen molar-refractivity contribution >= 4 is 19.9 Å². The number of sulfone groups is 1. The molecule has 0 atom stereocenters. The summed E-state index contributed by atoms with van der Waals surface area (Å²) in [5, 5.41) is 0. The van der Waals surface area contributed by atoms with Gasteiger partial charge in [-0.3, -0.25) is 0 Å². The lowest BCUT2D eigenvalue weighted by Gasteiger charge is -2.19. The van der Waals surface area contributed by atoms with Gasteiger partial charge in [0.15, 0.2) is 9.84 Å². The first kappa shape index (κ1) is 17.6. The minimum Gasteiger partial charge on any atom is -0.224 e. The van der Waals surface area contributed by atoms with Crippen LogP contribution in [0.15, 0.2) is 59.4 Å². The molecule has 0 aliphatic heterocycles. The Morgan fingerprint density at radius 3 is 1.76 bits per heavy atom. The summed E-state index contributed by atoms with van der Waals surface area (Å²) in [5.41, 5.74) is 0. The highest BCUT2D eigenvalue weighted by Gasteiger charge is 2.23. The SMILES string of the molecule is C=CCN(CC=C)S(=O)(=O)c1ccc(S(=O)(=O)CC)cc1. The van der Waals surface area contributed by atoms with Crippen LogP contribution in [0.1, 0.15) is 6.92 Å². The van der Waals surface area contributed by atoms with Gasteiger partial charge in [-0.05, 0) is 24.3 Å². The van der Waals surface area contributed by atoms with Crippen LogP contribution in [0, 0.1) is 0 Å². The summed E-state index contributed by atoms with van der Waals surface area (Å²) in [6, 6.07) is 5.23. The summed E-state index contributed by atoms with van der Waals surface area (Å²) < 4.78 is 49.5. The molecular formula is C14H19NO4S2. The number of nitrogens with zero attached hydrogens (tertiary/aromatic N) is 1. The topological polar surface area (TPSA) is 71.5 Å². The molecule has 0 heterocycles. The van der Waals surface area contributed by atoms with Crippen LogP contribution in [0.3, 0.4) is 0 Å². The van der Waals surface area contributed by atoms with Crippen molar-refractivity contribution in [2.24, 2.45) is 0 Å². The fraction of sp³-hybridized carbons (Fsp3) is 0.286. The van der Waals surface area contributed by atoms with Crippen molar-refractivity contribution in [2.45, 2.75) is 16.7 Å². The fourth-order valence-corrected chi connectivity index (χ4v) is 3.96. The quantitative estimate of drug-likeness (QED) is 0.682. The van der Waals surface area contributed by atoms with Gasteiger partial charge in [-0.25, -0.2) is 16.8 Å². The Bertz CT molecular complexity index is 694. The van der Waals surface area contributed by atoms with E-state index in [1.807, 2.05) is 0 Å². The first-order valence-corrected chi connectivity index (χ1v) is 9.43. The van der Waals surface area contributed by atoms with Crippen molar-refractivity contribution in [3.8, 4) is 0 Å². The highest BCUT2D eigenvalue weighted by atomic mass is 32.2. The van der Waals surface area contributed by atoms with E-state index in [9.17, 15) is 16.8 Å². The van der Waals surface area contributed by atoms with Crippen molar-refractivity contribution in [3.05, 3.63) is 49.6 Å². The molecule has 1 aromatic rings. The van der Waals surface area contributed by atoms with Crippen LogP contribution < -0.4 is 0 Å². The number of rotatable bonds is 8. The lowest BCUT2D eigenvalue weighted by molar-refractivity contribution is 0.474. The van der Waals surface area contributed by atoms with E-state index in [4.69, 9.17) is 0 Å². The van der Waals surface area contributed by atoms with Crippen LogP contribution in [0.2, 0.25) is 0 Å². The molecule has 0 aromatic heterocycles. The third kappa shape index (κ3) is 4.03. The van der Waals surface area contributed by atoms with Crippen LogP contribution in [-0.4, -0.2) is 40.0 Å². The summed E-state index contributed by atoms with van der Waals surface area (Å²) >= 11 is 0. The normalized spacial score (nSPS) is 12.3. The molecule has 0 N–H and O–H groups in total. The average Bonchev–Trinajstić information content (AvgIpc) is 2.47. The lowest BCUT2D eigenvalue weighted by Crippen LogP contribution is -2.31. The Hall–Kier alpha value is -1.44. The van der Waals surface area contributed by atoms with Crippen molar-refractivity contribution in [1.82, 2.24) is 4.31 Å². The second-order valence-electron chi connectivity index (χ2n) is 4.27. The number of sulfonamides is 1. The smallest absolute Gasteiger partial charge is 0.224 e. The molecule has 116 valence electrons. The minimum absolute atomic E-state index is 0.0296. The van der Waals surface area contributed by atoms with Gasteiger partial charge in [0.2, 0.25) is 10.0 Å². The van der Waals surface area contributed by atoms with E-state index in [2.05, 4.69) is 13.2 Å². The average molecular weight is 329 g/mol. The second kappa shape index (κ2) is 7.02. The van der Waals surface area contributed by atoms with Crippen LogP contribution >= 0.6 is 0 Å². The third-order valence-corrected chi connectivity index (χ3v) is 6.46. The monoisotopic (exact) mass is 329 g/mol. The minimum atomic E-state index is -3.70. The second-order valence-corrected chi connectivity index (χ2v) is 8.49. The molecule has 1 rings (SSSR count). The molecular weight excluding hydrogens is 310 g/mol. The molecule has 0 aliphatic carbocycles. The third-order valence-electron chi connectivity index (χ3n) is 2.87. The largest absolute Gasteiger partial charge is 0.243 e. The highest BCUT2D eigenvalue weighted by Crippen LogP contribution is 2.19. The van der Waals surface area contributed by atoms with Gasteiger partial charge in [0, 0.05) is 13.1 Å². The van der Waals surface area contributed by atoms with Crippen molar-refractivity contribution in [1.29, 1.82) is 0 Å². The van der Waals surface area contributed by atoms with Crippen LogP contribution in [-0.2, 0) is 19.9 Å². The van der Waals surface area contributed by atoms with Crippen LogP contribution in [0.4, 0.5) is 0 Å². The van der Waals surface area contributed by atoms with Crippen molar-refractivity contribution < 1.29 is 16.8 Å². The van der Waals surface area contributed by atoms with Gasteiger partial charge in [-0.1, -0.05) is 19.1 Å².